The van der Waals surface area contributed by atoms with E-state index in [2.05, 4.69) is 113 Å². The molecular formula is C75H97N3O12. The van der Waals surface area contributed by atoms with Crippen molar-refractivity contribution in [3.8, 4) is 33.4 Å². The summed E-state index contributed by atoms with van der Waals surface area (Å²) in [5, 5.41) is 8.71. The third-order valence-electron chi connectivity index (χ3n) is 13.4. The van der Waals surface area contributed by atoms with Crippen LogP contribution in [-0.4, -0.2) is 90.9 Å². The number of benzene rings is 6. The van der Waals surface area contributed by atoms with Gasteiger partial charge in [0.05, 0.1) is 37.7 Å². The molecule has 6 rings (SSSR count). The van der Waals surface area contributed by atoms with Crippen LogP contribution < -0.4 is 16.0 Å². The summed E-state index contributed by atoms with van der Waals surface area (Å²) in [6, 6.07) is 54.2. The molecule has 90 heavy (non-hydrogen) atoms. The zero-order valence-electron chi connectivity index (χ0n) is 55.6. The fraction of sp³-hybridized carbons (Fsp3) is 0.413. The first-order valence-corrected chi connectivity index (χ1v) is 31.1. The minimum atomic E-state index is -0.605. The van der Waals surface area contributed by atoms with Crippen molar-refractivity contribution in [1.82, 2.24) is 16.0 Å². The summed E-state index contributed by atoms with van der Waals surface area (Å²) in [5.74, 6) is -1.56. The SMILES string of the molecule is CCOC(=O)/C(C)=C/[C@@H](Cc1ccc(-c2ccccc2)cc1)NC(=O)OC(C)(C)C.CCOC(=O)[C@@H](C)C[C@@H](Cc1ccc(-c2ccccc2)cc1)NC(=O)OC(C)(C)C.CCOC(=O)[C@H](C)C[C@@H](Cc1ccc(-c2ccccc2)cc1)NC(=O)OC(C)(C)C. The number of alkyl carbamates (subject to hydrolysis) is 3. The Morgan fingerprint density at radius 2 is 0.667 bits per heavy atom. The average Bonchev–Trinajstić information content (AvgIpc) is 1.55. The second-order valence-corrected chi connectivity index (χ2v) is 25.1. The Morgan fingerprint density at radius 1 is 0.389 bits per heavy atom. The molecule has 0 saturated heterocycles. The van der Waals surface area contributed by atoms with Crippen LogP contribution in [-0.2, 0) is 62.1 Å². The summed E-state index contributed by atoms with van der Waals surface area (Å²) in [4.78, 5) is 73.1. The van der Waals surface area contributed by atoms with Gasteiger partial charge in [0.25, 0.3) is 0 Å². The van der Waals surface area contributed by atoms with Crippen LogP contribution in [0.2, 0.25) is 0 Å². The summed E-state index contributed by atoms with van der Waals surface area (Å²) in [5.41, 5.74) is 8.70. The molecule has 0 heterocycles. The molecule has 3 N–H and O–H groups in total. The first kappa shape index (κ1) is 73.7. The lowest BCUT2D eigenvalue weighted by atomic mass is 9.95. The van der Waals surface area contributed by atoms with Gasteiger partial charge >= 0.3 is 36.2 Å². The van der Waals surface area contributed by atoms with Crippen LogP contribution in [0.25, 0.3) is 33.4 Å². The lowest BCUT2D eigenvalue weighted by Gasteiger charge is -2.25. The highest BCUT2D eigenvalue weighted by atomic mass is 16.6. The van der Waals surface area contributed by atoms with Gasteiger partial charge in [-0.05, 0) is 172 Å². The molecule has 0 aliphatic rings. The van der Waals surface area contributed by atoms with Gasteiger partial charge in [-0.15, -0.1) is 0 Å². The van der Waals surface area contributed by atoms with Crippen LogP contribution >= 0.6 is 0 Å². The first-order valence-electron chi connectivity index (χ1n) is 31.1. The molecule has 5 atom stereocenters. The maximum atomic E-state index is 12.3. The van der Waals surface area contributed by atoms with Crippen LogP contribution in [0.4, 0.5) is 14.4 Å². The molecule has 15 heteroatoms. The first-order chi connectivity index (χ1) is 42.5. The standard InChI is InChI=1S/2C25H33NO4.C25H31NO4/c3*1-6-29-23(27)18(2)16-22(26-24(28)30-25(3,4)5)17-19-12-14-21(15-13-19)20-10-8-7-9-11-20/h2*7-15,18,22H,6,16-17H2,1-5H3,(H,26,28);7-16,22H,6,17H2,1-5H3,(H,26,28)/b;;18-16+/t18-,22+;18-,22-;22-/m100/s1. The van der Waals surface area contributed by atoms with Gasteiger partial charge in [-0.3, -0.25) is 9.59 Å². The van der Waals surface area contributed by atoms with E-state index in [0.29, 0.717) is 57.5 Å². The second kappa shape index (κ2) is 36.7. The summed E-state index contributed by atoms with van der Waals surface area (Å²) in [6.07, 6.45) is 2.88. The third kappa shape index (κ3) is 29.1. The fourth-order valence-electron chi connectivity index (χ4n) is 9.39. The van der Waals surface area contributed by atoms with Crippen molar-refractivity contribution in [2.75, 3.05) is 19.8 Å². The van der Waals surface area contributed by atoms with Gasteiger partial charge in [-0.1, -0.05) is 184 Å². The Kier molecular flexibility index (Phi) is 30.1. The highest BCUT2D eigenvalue weighted by Gasteiger charge is 2.27. The Labute approximate surface area is 535 Å². The minimum absolute atomic E-state index is 0.248. The van der Waals surface area contributed by atoms with Gasteiger partial charge in [-0.2, -0.15) is 0 Å². The predicted octanol–water partition coefficient (Wildman–Crippen LogP) is 16.1. The molecule has 0 fully saturated rings. The third-order valence-corrected chi connectivity index (χ3v) is 13.4. The molecule has 6 aromatic rings. The summed E-state index contributed by atoms with van der Waals surface area (Å²) < 4.78 is 31.5. The summed E-state index contributed by atoms with van der Waals surface area (Å²) in [7, 11) is 0. The zero-order chi connectivity index (χ0) is 66.4. The highest BCUT2D eigenvalue weighted by Crippen LogP contribution is 2.25. The van der Waals surface area contributed by atoms with E-state index >= 15 is 0 Å². The van der Waals surface area contributed by atoms with Gasteiger partial charge in [0.2, 0.25) is 0 Å². The fourth-order valence-corrected chi connectivity index (χ4v) is 9.39. The maximum Gasteiger partial charge on any atom is 0.408 e. The lowest BCUT2D eigenvalue weighted by Crippen LogP contribution is -2.41. The van der Waals surface area contributed by atoms with E-state index < -0.39 is 47.1 Å². The molecule has 0 spiro atoms. The lowest BCUT2D eigenvalue weighted by molar-refractivity contribution is -0.148. The number of esters is 3. The van der Waals surface area contributed by atoms with Crippen molar-refractivity contribution in [3.05, 3.63) is 192 Å². The van der Waals surface area contributed by atoms with E-state index in [1.807, 2.05) is 143 Å². The molecule has 0 aliphatic carbocycles. The maximum absolute atomic E-state index is 12.3. The Morgan fingerprint density at radius 3 is 0.956 bits per heavy atom. The normalized spacial score (nSPS) is 13.1. The van der Waals surface area contributed by atoms with Crippen molar-refractivity contribution in [2.45, 2.75) is 171 Å². The smallest absolute Gasteiger partial charge is 0.408 e. The summed E-state index contributed by atoms with van der Waals surface area (Å²) in [6.45, 7) is 28.0. The van der Waals surface area contributed by atoms with Crippen molar-refractivity contribution in [2.24, 2.45) is 11.8 Å². The number of amides is 3. The minimum Gasteiger partial charge on any atom is -0.466 e. The molecular weight excluding hydrogens is 1130 g/mol. The van der Waals surface area contributed by atoms with Crippen LogP contribution in [0.15, 0.2) is 175 Å². The molecule has 15 nitrogen and oxygen atoms in total. The number of hydrogen-bond acceptors (Lipinski definition) is 12. The van der Waals surface area contributed by atoms with E-state index in [9.17, 15) is 28.8 Å². The number of rotatable bonds is 23. The number of nitrogens with one attached hydrogen (secondary N) is 3. The Hall–Kier alpha value is -8.72. The van der Waals surface area contributed by atoms with E-state index in [-0.39, 0.29) is 35.9 Å². The van der Waals surface area contributed by atoms with Crippen LogP contribution in [0, 0.1) is 11.8 Å². The number of hydrogen-bond donors (Lipinski definition) is 3. The molecule has 0 saturated carbocycles. The largest absolute Gasteiger partial charge is 0.466 e. The second-order valence-electron chi connectivity index (χ2n) is 25.1. The van der Waals surface area contributed by atoms with E-state index in [4.69, 9.17) is 28.4 Å². The molecule has 6 aromatic carbocycles. The zero-order valence-corrected chi connectivity index (χ0v) is 55.6. The van der Waals surface area contributed by atoms with Crippen molar-refractivity contribution in [3.63, 3.8) is 0 Å². The van der Waals surface area contributed by atoms with Gasteiger partial charge in [0.15, 0.2) is 0 Å². The van der Waals surface area contributed by atoms with Crippen LogP contribution in [0.3, 0.4) is 0 Å². The average molecular weight is 1230 g/mol. The van der Waals surface area contributed by atoms with Crippen molar-refractivity contribution in [1.29, 1.82) is 0 Å². The molecule has 3 amide bonds. The van der Waals surface area contributed by atoms with Crippen molar-refractivity contribution >= 4 is 36.2 Å². The van der Waals surface area contributed by atoms with E-state index in [1.54, 1.807) is 33.8 Å². The number of ether oxygens (including phenoxy) is 6. The van der Waals surface area contributed by atoms with Gasteiger partial charge in [-0.25, -0.2) is 19.2 Å². The molecule has 0 bridgehead atoms. The predicted molar refractivity (Wildman–Crippen MR) is 357 cm³/mol. The number of carbonyl (C=O) groups is 6. The topological polar surface area (TPSA) is 194 Å². The van der Waals surface area contributed by atoms with Gasteiger partial charge < -0.3 is 44.4 Å². The van der Waals surface area contributed by atoms with Crippen LogP contribution in [0.5, 0.6) is 0 Å². The van der Waals surface area contributed by atoms with Crippen molar-refractivity contribution < 1.29 is 57.2 Å². The quantitative estimate of drug-likeness (QED) is 0.0313. The van der Waals surface area contributed by atoms with Crippen LogP contribution in [0.1, 0.15) is 133 Å². The van der Waals surface area contributed by atoms with E-state index in [1.165, 1.54) is 0 Å². The molecule has 0 aromatic heterocycles. The van der Waals surface area contributed by atoms with Gasteiger partial charge in [0, 0.05) is 17.7 Å². The molecule has 0 aliphatic heterocycles. The molecule has 0 unspecified atom stereocenters. The van der Waals surface area contributed by atoms with E-state index in [0.717, 1.165) is 50.1 Å². The highest BCUT2D eigenvalue weighted by molar-refractivity contribution is 5.88. The Balaban J connectivity index is 0.000000288. The molecule has 0 radical (unpaired) electrons. The molecule has 484 valence electrons. The Bertz CT molecular complexity index is 3020. The number of carbonyl (C=O) groups excluding carboxylic acids is 6. The van der Waals surface area contributed by atoms with Gasteiger partial charge in [0.1, 0.15) is 16.8 Å². The monoisotopic (exact) mass is 1230 g/mol. The summed E-state index contributed by atoms with van der Waals surface area (Å²) >= 11 is 0.